The molecule has 0 radical (unpaired) electrons. The molecule has 0 aliphatic heterocycles. The van der Waals surface area contributed by atoms with E-state index in [9.17, 15) is 14.4 Å². The molecule has 2 aromatic carbocycles. The molecule has 1 unspecified atom stereocenters. The Morgan fingerprint density at radius 2 is 1.81 bits per heavy atom. The summed E-state index contributed by atoms with van der Waals surface area (Å²) in [5, 5.41) is 9.12. The van der Waals surface area contributed by atoms with E-state index in [0.717, 1.165) is 10.6 Å². The maximum atomic E-state index is 12.2. The van der Waals surface area contributed by atoms with Crippen LogP contribution in [-0.2, 0) is 11.3 Å². The number of carbonyl (C=O) groups excluding carboxylic acids is 1. The SMILES string of the molecule is CN(Sc1ccc(Oc2ccccc2)cc1)C(CCn1ccc(=O)[nH]c1=O)C(=O)NO. The molecule has 31 heavy (non-hydrogen) atoms. The topological polar surface area (TPSA) is 117 Å². The molecule has 1 aromatic heterocycles. The molecule has 1 heterocycles. The van der Waals surface area contributed by atoms with Crippen LogP contribution >= 0.6 is 11.9 Å². The van der Waals surface area contributed by atoms with Gasteiger partial charge in [-0.05, 0) is 61.8 Å². The fraction of sp³-hybridized carbons (Fsp3) is 0.190. The third-order valence-corrected chi connectivity index (χ3v) is 5.47. The second-order valence-electron chi connectivity index (χ2n) is 6.61. The number of hydroxylamine groups is 1. The highest BCUT2D eigenvalue weighted by Crippen LogP contribution is 2.28. The van der Waals surface area contributed by atoms with E-state index in [4.69, 9.17) is 9.94 Å². The van der Waals surface area contributed by atoms with E-state index in [1.165, 1.54) is 28.8 Å². The van der Waals surface area contributed by atoms with Crippen molar-refractivity contribution in [1.29, 1.82) is 0 Å². The van der Waals surface area contributed by atoms with E-state index in [1.807, 2.05) is 54.6 Å². The van der Waals surface area contributed by atoms with Gasteiger partial charge in [0.15, 0.2) is 0 Å². The summed E-state index contributed by atoms with van der Waals surface area (Å²) in [4.78, 5) is 38.2. The van der Waals surface area contributed by atoms with Gasteiger partial charge in [0, 0.05) is 23.7 Å². The van der Waals surface area contributed by atoms with Crippen LogP contribution in [0.3, 0.4) is 0 Å². The molecule has 0 saturated heterocycles. The summed E-state index contributed by atoms with van der Waals surface area (Å²) in [6.45, 7) is 0.183. The number of benzene rings is 2. The van der Waals surface area contributed by atoms with E-state index in [-0.39, 0.29) is 13.0 Å². The van der Waals surface area contributed by atoms with Gasteiger partial charge in [0.1, 0.15) is 17.5 Å². The minimum atomic E-state index is -0.728. The predicted molar refractivity (Wildman–Crippen MR) is 116 cm³/mol. The smallest absolute Gasteiger partial charge is 0.328 e. The molecule has 0 aliphatic carbocycles. The van der Waals surface area contributed by atoms with Crippen molar-refractivity contribution >= 4 is 17.9 Å². The Morgan fingerprint density at radius 3 is 2.45 bits per heavy atom. The van der Waals surface area contributed by atoms with E-state index >= 15 is 0 Å². The second kappa shape index (κ2) is 10.6. The number of amides is 1. The fourth-order valence-corrected chi connectivity index (χ4v) is 3.78. The van der Waals surface area contributed by atoms with E-state index < -0.39 is 23.2 Å². The van der Waals surface area contributed by atoms with Crippen molar-refractivity contribution in [2.24, 2.45) is 0 Å². The Morgan fingerprint density at radius 1 is 1.13 bits per heavy atom. The van der Waals surface area contributed by atoms with Crippen LogP contribution in [0.2, 0.25) is 0 Å². The quantitative estimate of drug-likeness (QED) is 0.264. The standard InChI is InChI=1S/C21H22N4O5S/c1-24(18(20(27)23-29)11-13-25-14-12-19(26)22-21(25)28)31-17-9-7-16(8-10-17)30-15-5-3-2-4-6-15/h2-10,12,14,18,29H,11,13H2,1H3,(H,23,27)(H,22,26,28). The van der Waals surface area contributed by atoms with Crippen LogP contribution < -0.4 is 21.5 Å². The maximum Gasteiger partial charge on any atom is 0.328 e. The van der Waals surface area contributed by atoms with Crippen LogP contribution in [0.15, 0.2) is 81.3 Å². The molecular weight excluding hydrogens is 420 g/mol. The summed E-state index contributed by atoms with van der Waals surface area (Å²) in [6, 6.07) is 17.3. The highest BCUT2D eigenvalue weighted by molar-refractivity contribution is 7.97. The number of H-pyrrole nitrogens is 1. The lowest BCUT2D eigenvalue weighted by atomic mass is 10.2. The summed E-state index contributed by atoms with van der Waals surface area (Å²) in [5.74, 6) is 0.814. The Hall–Kier alpha value is -3.34. The molecule has 162 valence electrons. The van der Waals surface area contributed by atoms with Gasteiger partial charge in [-0.2, -0.15) is 0 Å². The Balaban J connectivity index is 1.64. The van der Waals surface area contributed by atoms with E-state index in [0.29, 0.717) is 5.75 Å². The first-order valence-electron chi connectivity index (χ1n) is 9.44. The van der Waals surface area contributed by atoms with Crippen LogP contribution in [0, 0.1) is 0 Å². The van der Waals surface area contributed by atoms with Gasteiger partial charge >= 0.3 is 5.69 Å². The predicted octanol–water partition coefficient (Wildman–Crippen LogP) is 2.23. The van der Waals surface area contributed by atoms with Gasteiger partial charge in [0.2, 0.25) is 0 Å². The Labute approximate surface area is 182 Å². The first kappa shape index (κ1) is 22.3. The molecular formula is C21H22N4O5S. The second-order valence-corrected chi connectivity index (χ2v) is 7.84. The first-order chi connectivity index (χ1) is 15.0. The van der Waals surface area contributed by atoms with Gasteiger partial charge in [-0.25, -0.2) is 14.6 Å². The molecule has 1 atom stereocenters. The lowest BCUT2D eigenvalue weighted by Crippen LogP contribution is -2.42. The number of nitrogens with zero attached hydrogens (tertiary/aromatic N) is 2. The maximum absolute atomic E-state index is 12.2. The molecule has 0 spiro atoms. The summed E-state index contributed by atoms with van der Waals surface area (Å²) in [5.41, 5.74) is 0.626. The van der Waals surface area contributed by atoms with Crippen LogP contribution in [0.4, 0.5) is 0 Å². The molecule has 10 heteroatoms. The average molecular weight is 442 g/mol. The molecule has 1 amide bonds. The number of hydrogen-bond acceptors (Lipinski definition) is 7. The van der Waals surface area contributed by atoms with Gasteiger partial charge in [0.25, 0.3) is 11.5 Å². The Bertz CT molecular complexity index is 1110. The van der Waals surface area contributed by atoms with Crippen LogP contribution in [0.5, 0.6) is 11.5 Å². The van der Waals surface area contributed by atoms with Crippen molar-refractivity contribution in [3.8, 4) is 11.5 Å². The lowest BCUT2D eigenvalue weighted by molar-refractivity contribution is -0.133. The fourth-order valence-electron chi connectivity index (χ4n) is 2.86. The summed E-state index contributed by atoms with van der Waals surface area (Å²) in [6.07, 6.45) is 1.60. The number of nitrogens with one attached hydrogen (secondary N) is 2. The zero-order valence-electron chi connectivity index (χ0n) is 16.7. The highest BCUT2D eigenvalue weighted by Gasteiger charge is 2.24. The third-order valence-electron chi connectivity index (χ3n) is 4.44. The molecule has 0 bridgehead atoms. The van der Waals surface area contributed by atoms with Crippen molar-refractivity contribution in [2.75, 3.05) is 7.05 Å². The first-order valence-corrected chi connectivity index (χ1v) is 10.2. The van der Waals surface area contributed by atoms with Crippen LogP contribution in [0.25, 0.3) is 0 Å². The summed E-state index contributed by atoms with van der Waals surface area (Å²) < 4.78 is 8.76. The molecule has 0 aliphatic rings. The van der Waals surface area contributed by atoms with Crippen molar-refractivity contribution < 1.29 is 14.7 Å². The van der Waals surface area contributed by atoms with Gasteiger partial charge in [-0.15, -0.1) is 0 Å². The largest absolute Gasteiger partial charge is 0.457 e. The summed E-state index contributed by atoms with van der Waals surface area (Å²) >= 11 is 1.31. The minimum Gasteiger partial charge on any atom is -0.457 e. The number of hydrogen-bond donors (Lipinski definition) is 3. The van der Waals surface area contributed by atoms with E-state index in [1.54, 1.807) is 16.8 Å². The molecule has 3 N–H and O–H groups in total. The van der Waals surface area contributed by atoms with E-state index in [2.05, 4.69) is 4.98 Å². The number of carbonyl (C=O) groups is 1. The number of para-hydroxylation sites is 1. The van der Waals surface area contributed by atoms with Gasteiger partial charge in [-0.1, -0.05) is 18.2 Å². The number of aryl methyl sites for hydroxylation is 1. The molecule has 3 rings (SSSR count). The van der Waals surface area contributed by atoms with Gasteiger partial charge in [-0.3, -0.25) is 19.8 Å². The average Bonchev–Trinajstić information content (AvgIpc) is 2.77. The van der Waals surface area contributed by atoms with Crippen LogP contribution in [0.1, 0.15) is 6.42 Å². The normalized spacial score (nSPS) is 11.8. The summed E-state index contributed by atoms with van der Waals surface area (Å²) in [7, 11) is 1.72. The number of ether oxygens (including phenoxy) is 1. The third kappa shape index (κ3) is 6.32. The van der Waals surface area contributed by atoms with Crippen LogP contribution in [-0.4, -0.2) is 38.1 Å². The molecule has 9 nitrogen and oxygen atoms in total. The molecule has 0 fully saturated rings. The van der Waals surface area contributed by atoms with Gasteiger partial charge < -0.3 is 9.30 Å². The zero-order valence-corrected chi connectivity index (χ0v) is 17.5. The monoisotopic (exact) mass is 442 g/mol. The highest BCUT2D eigenvalue weighted by atomic mass is 32.2. The zero-order chi connectivity index (χ0) is 22.2. The Kier molecular flexibility index (Phi) is 7.65. The molecule has 3 aromatic rings. The van der Waals surface area contributed by atoms with Crippen molar-refractivity contribution in [3.05, 3.63) is 87.7 Å². The lowest BCUT2D eigenvalue weighted by Gasteiger charge is -2.25. The van der Waals surface area contributed by atoms with Crippen molar-refractivity contribution in [1.82, 2.24) is 19.3 Å². The number of aromatic amines is 1. The number of likely N-dealkylation sites (N-methyl/N-ethyl adjacent to an activating group) is 1. The van der Waals surface area contributed by atoms with Crippen molar-refractivity contribution in [2.45, 2.75) is 23.9 Å². The minimum absolute atomic E-state index is 0.183. The number of rotatable bonds is 9. The molecule has 0 saturated carbocycles. The van der Waals surface area contributed by atoms with Crippen molar-refractivity contribution in [3.63, 3.8) is 0 Å². The van der Waals surface area contributed by atoms with Gasteiger partial charge in [0.05, 0.1) is 0 Å². The number of aromatic nitrogens is 2.